The average molecular weight is 537 g/mol. The Morgan fingerprint density at radius 2 is 1.55 bits per heavy atom. The molecule has 1 heterocycles. The van der Waals surface area contributed by atoms with E-state index in [9.17, 15) is 32.7 Å². The molecule has 6 N–H and O–H groups in total. The first-order valence-electron chi connectivity index (χ1n) is 11.2. The van der Waals surface area contributed by atoms with Gasteiger partial charge in [-0.3, -0.25) is 9.59 Å². The lowest BCUT2D eigenvalue weighted by atomic mass is 9.95. The summed E-state index contributed by atoms with van der Waals surface area (Å²) in [7, 11) is 0. The number of alkyl halides is 3. The van der Waals surface area contributed by atoms with E-state index in [1.807, 2.05) is 54.6 Å². The fourth-order valence-corrected chi connectivity index (χ4v) is 3.44. The van der Waals surface area contributed by atoms with Gasteiger partial charge in [0.1, 0.15) is 6.61 Å². The molecule has 1 aliphatic rings. The number of nitrogens with two attached hydrogens (primary N) is 1. The number of carboxylic acid groups (broad SMARTS) is 2. The smallest absolute Gasteiger partial charge is 0.484 e. The Hall–Kier alpha value is -4.39. The summed E-state index contributed by atoms with van der Waals surface area (Å²) in [5.41, 5.74) is 9.13. The van der Waals surface area contributed by atoms with E-state index < -0.39 is 41.9 Å². The van der Waals surface area contributed by atoms with Gasteiger partial charge in [-0.05, 0) is 23.1 Å². The van der Waals surface area contributed by atoms with Crippen molar-refractivity contribution in [1.82, 2.24) is 10.6 Å². The number of aliphatic carboxylic acids is 2. The highest BCUT2D eigenvalue weighted by molar-refractivity contribution is 6.02. The van der Waals surface area contributed by atoms with Crippen molar-refractivity contribution in [2.45, 2.75) is 31.6 Å². The van der Waals surface area contributed by atoms with Crippen LogP contribution in [0.2, 0.25) is 0 Å². The molecule has 0 fully saturated rings. The van der Waals surface area contributed by atoms with E-state index in [0.717, 1.165) is 16.7 Å². The van der Waals surface area contributed by atoms with Crippen LogP contribution in [0.1, 0.15) is 12.5 Å². The van der Waals surface area contributed by atoms with Crippen LogP contribution in [-0.4, -0.2) is 65.4 Å². The van der Waals surface area contributed by atoms with E-state index in [0.29, 0.717) is 6.42 Å². The van der Waals surface area contributed by atoms with Crippen molar-refractivity contribution in [2.75, 3.05) is 13.2 Å². The Labute approximate surface area is 215 Å². The lowest BCUT2D eigenvalue weighted by Crippen LogP contribution is -2.56. The van der Waals surface area contributed by atoms with Crippen molar-refractivity contribution >= 4 is 23.8 Å². The third-order valence-corrected chi connectivity index (χ3v) is 5.25. The van der Waals surface area contributed by atoms with Gasteiger partial charge in [-0.2, -0.15) is 13.2 Å². The highest BCUT2D eigenvalue weighted by atomic mass is 19.4. The molecule has 38 heavy (non-hydrogen) atoms. The Kier molecular flexibility index (Phi) is 10.4. The molecular weight excluding hydrogens is 511 g/mol. The first kappa shape index (κ1) is 29.8. The molecule has 2 amide bonds. The third-order valence-electron chi connectivity index (χ3n) is 5.25. The first-order chi connectivity index (χ1) is 17.8. The summed E-state index contributed by atoms with van der Waals surface area (Å²) in [6.45, 7) is 1.48. The molecule has 0 saturated carbocycles. The second-order valence-electron chi connectivity index (χ2n) is 8.06. The minimum absolute atomic E-state index is 0.118. The Morgan fingerprint density at radius 1 is 1.00 bits per heavy atom. The number of benzene rings is 2. The summed E-state index contributed by atoms with van der Waals surface area (Å²) in [6, 6.07) is 16.3. The predicted molar refractivity (Wildman–Crippen MR) is 128 cm³/mol. The van der Waals surface area contributed by atoms with Crippen molar-refractivity contribution in [3.63, 3.8) is 0 Å². The molecular formula is C25H26F3N3O7. The van der Waals surface area contributed by atoms with Crippen molar-refractivity contribution in [3.8, 4) is 11.1 Å². The Balaban J connectivity index is 0.000000638. The van der Waals surface area contributed by atoms with Gasteiger partial charge in [-0.25, -0.2) is 9.59 Å². The summed E-state index contributed by atoms with van der Waals surface area (Å²) in [5.74, 6) is -5.59. The monoisotopic (exact) mass is 537 g/mol. The van der Waals surface area contributed by atoms with Gasteiger partial charge in [0.25, 0.3) is 5.91 Å². The number of halogens is 3. The van der Waals surface area contributed by atoms with E-state index in [4.69, 9.17) is 20.4 Å². The topological polar surface area (TPSA) is 168 Å². The number of nitrogens with one attached hydrogen (secondary N) is 2. The van der Waals surface area contributed by atoms with Crippen molar-refractivity contribution < 1.29 is 47.3 Å². The molecule has 1 aliphatic heterocycles. The van der Waals surface area contributed by atoms with E-state index in [1.54, 1.807) is 0 Å². The molecule has 0 unspecified atom stereocenters. The summed E-state index contributed by atoms with van der Waals surface area (Å²) in [4.78, 5) is 44.4. The lowest BCUT2D eigenvalue weighted by Gasteiger charge is -2.31. The number of rotatable bonds is 7. The zero-order valence-corrected chi connectivity index (χ0v) is 20.1. The molecule has 10 nitrogen and oxygen atoms in total. The molecule has 0 radical (unpaired) electrons. The fourth-order valence-electron chi connectivity index (χ4n) is 3.44. The van der Waals surface area contributed by atoms with Gasteiger partial charge in [-0.1, -0.05) is 54.6 Å². The minimum atomic E-state index is -5.08. The summed E-state index contributed by atoms with van der Waals surface area (Å²) < 4.78 is 36.9. The van der Waals surface area contributed by atoms with Gasteiger partial charge in [0.05, 0.1) is 17.7 Å². The van der Waals surface area contributed by atoms with E-state index >= 15 is 0 Å². The van der Waals surface area contributed by atoms with Crippen LogP contribution in [0.3, 0.4) is 0 Å². The molecule has 2 aromatic rings. The van der Waals surface area contributed by atoms with Crippen molar-refractivity contribution in [3.05, 3.63) is 71.5 Å². The van der Waals surface area contributed by atoms with Crippen LogP contribution in [0.5, 0.6) is 0 Å². The van der Waals surface area contributed by atoms with Gasteiger partial charge in [0, 0.05) is 13.5 Å². The molecule has 204 valence electrons. The number of amides is 2. The first-order valence-corrected chi connectivity index (χ1v) is 11.2. The maximum absolute atomic E-state index is 12.7. The zero-order chi connectivity index (χ0) is 28.5. The van der Waals surface area contributed by atoms with Crippen LogP contribution < -0.4 is 16.4 Å². The SMILES string of the molecule is CC(=O)N[C@H]1COC(C(=O)O)=C(C(=O)NCCc2ccc(-c3ccccc3)cc2)[C@@H]1N.O=C(O)C(F)(F)F. The van der Waals surface area contributed by atoms with Gasteiger partial charge in [0.2, 0.25) is 11.7 Å². The van der Waals surface area contributed by atoms with Crippen LogP contribution in [0.15, 0.2) is 65.9 Å². The lowest BCUT2D eigenvalue weighted by molar-refractivity contribution is -0.192. The summed E-state index contributed by atoms with van der Waals surface area (Å²) in [6.07, 6.45) is -4.53. The number of hydrogen-bond acceptors (Lipinski definition) is 6. The molecule has 0 saturated heterocycles. The maximum Gasteiger partial charge on any atom is 0.490 e. The highest BCUT2D eigenvalue weighted by Gasteiger charge is 2.38. The van der Waals surface area contributed by atoms with Crippen LogP contribution in [0.4, 0.5) is 13.2 Å². The van der Waals surface area contributed by atoms with Gasteiger partial charge < -0.3 is 31.3 Å². The molecule has 0 spiro atoms. The average Bonchev–Trinajstić information content (AvgIpc) is 2.85. The van der Waals surface area contributed by atoms with Crippen LogP contribution in [0, 0.1) is 0 Å². The summed E-state index contributed by atoms with van der Waals surface area (Å²) in [5, 5.41) is 21.8. The fraction of sp³-hybridized carbons (Fsp3) is 0.280. The molecule has 13 heteroatoms. The van der Waals surface area contributed by atoms with Gasteiger partial charge in [0.15, 0.2) is 0 Å². The predicted octanol–water partition coefficient (Wildman–Crippen LogP) is 1.85. The maximum atomic E-state index is 12.7. The Morgan fingerprint density at radius 3 is 2.05 bits per heavy atom. The van der Waals surface area contributed by atoms with Crippen molar-refractivity contribution in [2.24, 2.45) is 5.73 Å². The number of carbonyl (C=O) groups excluding carboxylic acids is 2. The Bertz CT molecular complexity index is 1180. The van der Waals surface area contributed by atoms with E-state index in [-0.39, 0.29) is 24.6 Å². The largest absolute Gasteiger partial charge is 0.490 e. The normalized spacial score (nSPS) is 16.9. The number of carboxylic acids is 2. The molecule has 2 atom stereocenters. The zero-order valence-electron chi connectivity index (χ0n) is 20.1. The van der Waals surface area contributed by atoms with Gasteiger partial charge >= 0.3 is 18.1 Å². The van der Waals surface area contributed by atoms with Gasteiger partial charge in [-0.15, -0.1) is 0 Å². The minimum Gasteiger partial charge on any atom is -0.484 e. The number of carbonyl (C=O) groups is 4. The molecule has 0 aliphatic carbocycles. The summed E-state index contributed by atoms with van der Waals surface area (Å²) >= 11 is 0. The molecule has 2 aromatic carbocycles. The second kappa shape index (κ2) is 13.2. The van der Waals surface area contributed by atoms with E-state index in [2.05, 4.69) is 10.6 Å². The molecule has 0 bridgehead atoms. The van der Waals surface area contributed by atoms with Crippen LogP contribution in [0.25, 0.3) is 11.1 Å². The third kappa shape index (κ3) is 8.62. The second-order valence-corrected chi connectivity index (χ2v) is 8.06. The number of ether oxygens (including phenoxy) is 1. The van der Waals surface area contributed by atoms with E-state index in [1.165, 1.54) is 6.92 Å². The molecule has 0 aromatic heterocycles. The quantitative estimate of drug-likeness (QED) is 0.357. The van der Waals surface area contributed by atoms with Crippen LogP contribution >= 0.6 is 0 Å². The molecule has 3 rings (SSSR count). The highest BCUT2D eigenvalue weighted by Crippen LogP contribution is 2.21. The number of hydrogen-bond donors (Lipinski definition) is 5. The van der Waals surface area contributed by atoms with Crippen LogP contribution in [-0.2, 0) is 30.3 Å². The standard InChI is InChI=1S/C23H25N3O5.C2HF3O2/c1-14(27)26-18-13-31-21(23(29)30)19(20(18)24)22(28)25-12-11-15-7-9-17(10-8-15)16-5-3-2-4-6-16;3-2(4,5)1(6)7/h2-10,18,20H,11-13,24H2,1H3,(H,25,28)(H,26,27)(H,29,30);(H,6,7)/t18-,20+;/m0./s1. The van der Waals surface area contributed by atoms with Crippen molar-refractivity contribution in [1.29, 1.82) is 0 Å².